The van der Waals surface area contributed by atoms with Crippen molar-refractivity contribution in [2.45, 2.75) is 6.42 Å². The first-order valence-electron chi connectivity index (χ1n) is 7.63. The van der Waals surface area contributed by atoms with Crippen LogP contribution in [0.15, 0.2) is 17.3 Å². The summed E-state index contributed by atoms with van der Waals surface area (Å²) < 4.78 is 5.23. The normalized spacial score (nSPS) is 18.3. The average Bonchev–Trinajstić information content (AvgIpc) is 2.98. The summed E-state index contributed by atoms with van der Waals surface area (Å²) in [5.74, 6) is 2.13. The van der Waals surface area contributed by atoms with Gasteiger partial charge in [-0.25, -0.2) is 4.98 Å². The molecule has 2 N–H and O–H groups in total. The molecule has 0 radical (unpaired) electrons. The number of ether oxygens (including phenoxy) is 1. The molecule has 8 heteroatoms. The van der Waals surface area contributed by atoms with Crippen LogP contribution >= 0.6 is 23.2 Å². The quantitative estimate of drug-likeness (QED) is 0.463. The van der Waals surface area contributed by atoms with Crippen LogP contribution in [-0.4, -0.2) is 62.8 Å². The van der Waals surface area contributed by atoms with E-state index in [1.807, 2.05) is 0 Å². The van der Waals surface area contributed by atoms with Gasteiger partial charge in [0.1, 0.15) is 5.82 Å². The number of pyridine rings is 1. The molecule has 2 heterocycles. The van der Waals surface area contributed by atoms with Crippen LogP contribution in [0, 0.1) is 5.92 Å². The lowest BCUT2D eigenvalue weighted by Crippen LogP contribution is -2.42. The average molecular weight is 360 g/mol. The first-order chi connectivity index (χ1) is 11.1. The maximum atomic E-state index is 6.07. The largest absolute Gasteiger partial charge is 0.384 e. The molecular weight excluding hydrogens is 337 g/mol. The third-order valence-corrected chi connectivity index (χ3v) is 4.20. The number of hydrogen-bond donors (Lipinski definition) is 2. The fourth-order valence-electron chi connectivity index (χ4n) is 2.63. The molecule has 0 saturated carbocycles. The van der Waals surface area contributed by atoms with Crippen LogP contribution in [0.3, 0.4) is 0 Å². The maximum absolute atomic E-state index is 6.07. The Bertz CT molecular complexity index is 541. The monoisotopic (exact) mass is 359 g/mol. The van der Waals surface area contributed by atoms with E-state index >= 15 is 0 Å². The van der Waals surface area contributed by atoms with Gasteiger partial charge < -0.3 is 20.3 Å². The molecule has 1 aromatic heterocycles. The van der Waals surface area contributed by atoms with E-state index in [1.54, 1.807) is 26.4 Å². The van der Waals surface area contributed by atoms with E-state index in [9.17, 15) is 0 Å². The summed E-state index contributed by atoms with van der Waals surface area (Å²) in [4.78, 5) is 10.8. The Morgan fingerprint density at radius 2 is 2.30 bits per heavy atom. The summed E-state index contributed by atoms with van der Waals surface area (Å²) in [6, 6.07) is 1.67. The molecule has 0 bridgehead atoms. The van der Waals surface area contributed by atoms with Gasteiger partial charge in [-0.2, -0.15) is 0 Å². The smallest absolute Gasteiger partial charge is 0.193 e. The van der Waals surface area contributed by atoms with Crippen molar-refractivity contribution in [1.82, 2.24) is 15.2 Å². The summed E-state index contributed by atoms with van der Waals surface area (Å²) in [7, 11) is 3.55. The standard InChI is InChI=1S/C15H23Cl2N5O/c1-18-15(22-6-3-11(9-22)10-23-2)20-5-4-19-14-13(17)7-12(16)8-21-14/h7-8,11H,3-6,9-10H2,1-2H3,(H,18,20)(H,19,21). The van der Waals surface area contributed by atoms with Gasteiger partial charge in [-0.3, -0.25) is 4.99 Å². The molecule has 6 nitrogen and oxygen atoms in total. The topological polar surface area (TPSA) is 61.8 Å². The first kappa shape index (κ1) is 18.1. The van der Waals surface area contributed by atoms with Crippen molar-refractivity contribution >= 4 is 35.0 Å². The van der Waals surface area contributed by atoms with Gasteiger partial charge in [-0.05, 0) is 12.5 Å². The number of hydrogen-bond acceptors (Lipinski definition) is 4. The second-order valence-corrected chi connectivity index (χ2v) is 6.28. The zero-order chi connectivity index (χ0) is 16.7. The molecule has 128 valence electrons. The summed E-state index contributed by atoms with van der Waals surface area (Å²) >= 11 is 11.9. The Morgan fingerprint density at radius 3 is 3.00 bits per heavy atom. The van der Waals surface area contributed by atoms with Gasteiger partial charge in [0.15, 0.2) is 5.96 Å². The number of aromatic nitrogens is 1. The van der Waals surface area contributed by atoms with E-state index in [2.05, 4.69) is 25.5 Å². The summed E-state index contributed by atoms with van der Waals surface area (Å²) in [6.07, 6.45) is 2.71. The number of nitrogens with zero attached hydrogens (tertiary/aromatic N) is 3. The first-order valence-corrected chi connectivity index (χ1v) is 8.39. The van der Waals surface area contributed by atoms with Crippen molar-refractivity contribution in [3.8, 4) is 0 Å². The SMILES string of the molecule is CN=C(NCCNc1ncc(Cl)cc1Cl)N1CCC(COC)C1. The van der Waals surface area contributed by atoms with Gasteiger partial charge in [0, 0.05) is 52.5 Å². The molecule has 0 aromatic carbocycles. The highest BCUT2D eigenvalue weighted by Crippen LogP contribution is 2.22. The molecule has 1 aliphatic rings. The summed E-state index contributed by atoms with van der Waals surface area (Å²) in [5, 5.41) is 7.58. The molecular formula is C15H23Cl2N5O. The Kier molecular flexibility index (Phi) is 7.20. The minimum atomic E-state index is 0.517. The van der Waals surface area contributed by atoms with E-state index in [0.29, 0.717) is 28.3 Å². The Morgan fingerprint density at radius 1 is 1.48 bits per heavy atom. The van der Waals surface area contributed by atoms with Crippen LogP contribution < -0.4 is 10.6 Å². The summed E-state index contributed by atoms with van der Waals surface area (Å²) in [6.45, 7) is 4.19. The number of methoxy groups -OCH3 is 1. The Balaban J connectivity index is 1.74. The number of anilines is 1. The van der Waals surface area contributed by atoms with Crippen molar-refractivity contribution in [1.29, 1.82) is 0 Å². The van der Waals surface area contributed by atoms with Crippen LogP contribution in [0.1, 0.15) is 6.42 Å². The highest BCUT2D eigenvalue weighted by molar-refractivity contribution is 6.35. The molecule has 1 unspecified atom stereocenters. The van der Waals surface area contributed by atoms with Gasteiger partial charge in [0.2, 0.25) is 0 Å². The molecule has 1 atom stereocenters. The predicted molar refractivity (Wildman–Crippen MR) is 95.7 cm³/mol. The Labute approximate surface area is 147 Å². The number of rotatable bonds is 6. The van der Waals surface area contributed by atoms with E-state index in [0.717, 1.165) is 38.6 Å². The zero-order valence-corrected chi connectivity index (χ0v) is 15.0. The van der Waals surface area contributed by atoms with E-state index in [1.165, 1.54) is 0 Å². The molecule has 2 rings (SSSR count). The van der Waals surface area contributed by atoms with Crippen LogP contribution in [0.5, 0.6) is 0 Å². The van der Waals surface area contributed by atoms with Crippen LogP contribution in [0.25, 0.3) is 0 Å². The van der Waals surface area contributed by atoms with Crippen molar-refractivity contribution in [3.63, 3.8) is 0 Å². The number of guanidine groups is 1. The molecule has 0 spiro atoms. The van der Waals surface area contributed by atoms with Gasteiger partial charge in [-0.15, -0.1) is 0 Å². The molecule has 1 saturated heterocycles. The van der Waals surface area contributed by atoms with Crippen molar-refractivity contribution in [2.75, 3.05) is 52.3 Å². The van der Waals surface area contributed by atoms with Crippen LogP contribution in [0.4, 0.5) is 5.82 Å². The molecule has 1 aromatic rings. The van der Waals surface area contributed by atoms with Gasteiger partial charge in [0.05, 0.1) is 16.7 Å². The molecule has 0 amide bonds. The fraction of sp³-hybridized carbons (Fsp3) is 0.600. The highest BCUT2D eigenvalue weighted by Gasteiger charge is 2.24. The lowest BCUT2D eigenvalue weighted by Gasteiger charge is -2.21. The number of likely N-dealkylation sites (tertiary alicyclic amines) is 1. The number of aliphatic imine (C=N–C) groups is 1. The van der Waals surface area contributed by atoms with E-state index in [-0.39, 0.29) is 0 Å². The van der Waals surface area contributed by atoms with Crippen molar-refractivity contribution < 1.29 is 4.74 Å². The zero-order valence-electron chi connectivity index (χ0n) is 13.5. The molecule has 0 aliphatic carbocycles. The fourth-order valence-corrected chi connectivity index (χ4v) is 3.08. The molecule has 23 heavy (non-hydrogen) atoms. The van der Waals surface area contributed by atoms with Crippen LogP contribution in [0.2, 0.25) is 10.0 Å². The lowest BCUT2D eigenvalue weighted by atomic mass is 10.1. The number of halogens is 2. The van der Waals surface area contributed by atoms with E-state index in [4.69, 9.17) is 27.9 Å². The van der Waals surface area contributed by atoms with Gasteiger partial charge in [0.25, 0.3) is 0 Å². The Hall–Kier alpha value is -1.24. The number of nitrogens with one attached hydrogen (secondary N) is 2. The molecule has 1 fully saturated rings. The minimum Gasteiger partial charge on any atom is -0.384 e. The third kappa shape index (κ3) is 5.41. The summed E-state index contributed by atoms with van der Waals surface area (Å²) in [5.41, 5.74) is 0. The maximum Gasteiger partial charge on any atom is 0.193 e. The predicted octanol–water partition coefficient (Wildman–Crippen LogP) is 2.34. The van der Waals surface area contributed by atoms with Crippen molar-refractivity contribution in [3.05, 3.63) is 22.3 Å². The van der Waals surface area contributed by atoms with E-state index < -0.39 is 0 Å². The second-order valence-electron chi connectivity index (χ2n) is 5.44. The van der Waals surface area contributed by atoms with Crippen molar-refractivity contribution in [2.24, 2.45) is 10.9 Å². The van der Waals surface area contributed by atoms with Gasteiger partial charge in [-0.1, -0.05) is 23.2 Å². The minimum absolute atomic E-state index is 0.517. The molecule has 1 aliphatic heterocycles. The highest BCUT2D eigenvalue weighted by atomic mass is 35.5. The third-order valence-electron chi connectivity index (χ3n) is 3.71. The van der Waals surface area contributed by atoms with Gasteiger partial charge >= 0.3 is 0 Å². The van der Waals surface area contributed by atoms with Crippen LogP contribution in [-0.2, 0) is 4.74 Å². The second kappa shape index (κ2) is 9.15. The lowest BCUT2D eigenvalue weighted by molar-refractivity contribution is 0.157.